The van der Waals surface area contributed by atoms with Crippen LogP contribution in [0.3, 0.4) is 0 Å². The van der Waals surface area contributed by atoms with E-state index in [2.05, 4.69) is 14.8 Å². The number of carbonyl (C=O) groups excluding carboxylic acids is 1. The molecule has 0 saturated heterocycles. The van der Waals surface area contributed by atoms with E-state index >= 15 is 0 Å². The van der Waals surface area contributed by atoms with Crippen molar-refractivity contribution in [1.29, 1.82) is 0 Å². The summed E-state index contributed by atoms with van der Waals surface area (Å²) in [5, 5.41) is 2.56. The molecule has 3 rings (SSSR count). The van der Waals surface area contributed by atoms with Gasteiger partial charge in [-0.1, -0.05) is 6.07 Å². The monoisotopic (exact) mass is 473 g/mol. The van der Waals surface area contributed by atoms with E-state index in [0.717, 1.165) is 11.1 Å². The average molecular weight is 474 g/mol. The standard InChI is InChI=1S/C22H23N3O5S2/c1-15-12-16(2)14-20(13-15)25-32(29,30)22-10-6-19(7-11-22)24-31(27,28)21-8-4-18(5-9-21)23-17(3)26/h4-14,24-25H,1-3H3,(H,23,26). The Balaban J connectivity index is 1.75. The second-order valence-electron chi connectivity index (χ2n) is 7.32. The summed E-state index contributed by atoms with van der Waals surface area (Å²) in [4.78, 5) is 11.1. The summed E-state index contributed by atoms with van der Waals surface area (Å²) in [6.07, 6.45) is 0. The Kier molecular flexibility index (Phi) is 6.56. The van der Waals surface area contributed by atoms with Gasteiger partial charge >= 0.3 is 0 Å². The molecule has 1 amide bonds. The van der Waals surface area contributed by atoms with Crippen molar-refractivity contribution in [1.82, 2.24) is 0 Å². The van der Waals surface area contributed by atoms with Gasteiger partial charge in [-0.15, -0.1) is 0 Å². The lowest BCUT2D eigenvalue weighted by Crippen LogP contribution is -2.15. The topological polar surface area (TPSA) is 121 Å². The third kappa shape index (κ3) is 5.86. The van der Waals surface area contributed by atoms with Crippen molar-refractivity contribution in [2.45, 2.75) is 30.6 Å². The molecule has 0 aliphatic heterocycles. The molecule has 0 aliphatic rings. The quantitative estimate of drug-likeness (QED) is 0.481. The van der Waals surface area contributed by atoms with E-state index in [1.54, 1.807) is 12.1 Å². The summed E-state index contributed by atoms with van der Waals surface area (Å²) in [5.41, 5.74) is 2.99. The maximum Gasteiger partial charge on any atom is 0.261 e. The lowest BCUT2D eigenvalue weighted by molar-refractivity contribution is -0.114. The Morgan fingerprint density at radius 2 is 1.03 bits per heavy atom. The molecule has 0 bridgehead atoms. The molecule has 168 valence electrons. The predicted octanol–water partition coefficient (Wildman–Crippen LogP) is 3.86. The number of anilines is 3. The Hall–Kier alpha value is -3.37. The molecule has 0 spiro atoms. The zero-order valence-electron chi connectivity index (χ0n) is 17.7. The van der Waals surface area contributed by atoms with Crippen molar-refractivity contribution in [2.24, 2.45) is 0 Å². The highest BCUT2D eigenvalue weighted by Gasteiger charge is 2.17. The first kappa shape index (κ1) is 23.3. The number of sulfonamides is 2. The maximum atomic E-state index is 12.7. The summed E-state index contributed by atoms with van der Waals surface area (Å²) in [5.74, 6) is -0.263. The molecule has 3 aromatic rings. The van der Waals surface area contributed by atoms with Gasteiger partial charge in [0.2, 0.25) is 5.91 Å². The number of aryl methyl sites for hydroxylation is 2. The summed E-state index contributed by atoms with van der Waals surface area (Å²) in [6.45, 7) is 5.10. The third-order valence-corrected chi connectivity index (χ3v) is 7.17. The Bertz CT molecular complexity index is 1330. The Labute approximate surface area is 187 Å². The van der Waals surface area contributed by atoms with Crippen molar-refractivity contribution in [3.05, 3.63) is 77.9 Å². The number of nitrogens with one attached hydrogen (secondary N) is 3. The average Bonchev–Trinajstić information content (AvgIpc) is 2.67. The number of rotatable bonds is 7. The van der Waals surface area contributed by atoms with Crippen LogP contribution in [-0.2, 0) is 24.8 Å². The number of benzene rings is 3. The third-order valence-electron chi connectivity index (χ3n) is 4.38. The summed E-state index contributed by atoms with van der Waals surface area (Å²) < 4.78 is 55.5. The number of hydrogen-bond donors (Lipinski definition) is 3. The van der Waals surface area contributed by atoms with Crippen LogP contribution in [0.25, 0.3) is 0 Å². The molecule has 0 aliphatic carbocycles. The van der Waals surface area contributed by atoms with Gasteiger partial charge in [0, 0.05) is 24.0 Å². The van der Waals surface area contributed by atoms with Crippen LogP contribution in [-0.4, -0.2) is 22.7 Å². The minimum Gasteiger partial charge on any atom is -0.326 e. The smallest absolute Gasteiger partial charge is 0.261 e. The van der Waals surface area contributed by atoms with E-state index in [-0.39, 0.29) is 21.4 Å². The van der Waals surface area contributed by atoms with E-state index in [0.29, 0.717) is 11.4 Å². The molecule has 3 aromatic carbocycles. The zero-order chi connectivity index (χ0) is 23.5. The van der Waals surface area contributed by atoms with Crippen molar-refractivity contribution in [2.75, 3.05) is 14.8 Å². The fraction of sp³-hybridized carbons (Fsp3) is 0.136. The van der Waals surface area contributed by atoms with Crippen LogP contribution in [0.15, 0.2) is 76.5 Å². The van der Waals surface area contributed by atoms with Crippen molar-refractivity contribution >= 4 is 43.0 Å². The minimum atomic E-state index is -3.89. The molecular weight excluding hydrogens is 450 g/mol. The largest absolute Gasteiger partial charge is 0.326 e. The van der Waals surface area contributed by atoms with Gasteiger partial charge in [0.25, 0.3) is 20.0 Å². The van der Waals surface area contributed by atoms with Crippen LogP contribution in [0.4, 0.5) is 17.1 Å². The number of hydrogen-bond acceptors (Lipinski definition) is 5. The highest BCUT2D eigenvalue weighted by atomic mass is 32.2. The first-order valence-electron chi connectivity index (χ1n) is 9.56. The van der Waals surface area contributed by atoms with Gasteiger partial charge in [-0.2, -0.15) is 0 Å². The summed E-state index contributed by atoms with van der Waals surface area (Å²) >= 11 is 0. The second kappa shape index (κ2) is 9.01. The van der Waals surface area contributed by atoms with Crippen LogP contribution in [0.1, 0.15) is 18.1 Å². The molecule has 0 unspecified atom stereocenters. The number of carbonyl (C=O) groups is 1. The zero-order valence-corrected chi connectivity index (χ0v) is 19.3. The van der Waals surface area contributed by atoms with Crippen LogP contribution >= 0.6 is 0 Å². The minimum absolute atomic E-state index is 0.000200. The molecule has 0 aromatic heterocycles. The maximum absolute atomic E-state index is 12.7. The lowest BCUT2D eigenvalue weighted by atomic mass is 10.1. The molecule has 32 heavy (non-hydrogen) atoms. The highest BCUT2D eigenvalue weighted by molar-refractivity contribution is 7.93. The van der Waals surface area contributed by atoms with Crippen molar-refractivity contribution in [3.8, 4) is 0 Å². The van der Waals surface area contributed by atoms with E-state index in [1.807, 2.05) is 19.9 Å². The van der Waals surface area contributed by atoms with Gasteiger partial charge in [-0.25, -0.2) is 16.8 Å². The van der Waals surface area contributed by atoms with E-state index < -0.39 is 20.0 Å². The molecule has 0 saturated carbocycles. The van der Waals surface area contributed by atoms with E-state index in [1.165, 1.54) is 55.5 Å². The van der Waals surface area contributed by atoms with Crippen LogP contribution in [0.2, 0.25) is 0 Å². The molecule has 0 radical (unpaired) electrons. The number of amides is 1. The Morgan fingerprint density at radius 1 is 0.625 bits per heavy atom. The first-order chi connectivity index (χ1) is 14.9. The summed E-state index contributed by atoms with van der Waals surface area (Å²) in [7, 11) is -7.73. The summed E-state index contributed by atoms with van der Waals surface area (Å²) in [6, 6.07) is 16.5. The van der Waals surface area contributed by atoms with Gasteiger partial charge in [0.1, 0.15) is 0 Å². The predicted molar refractivity (Wildman–Crippen MR) is 125 cm³/mol. The second-order valence-corrected chi connectivity index (χ2v) is 10.7. The lowest BCUT2D eigenvalue weighted by Gasteiger charge is -2.12. The van der Waals surface area contributed by atoms with Crippen LogP contribution in [0.5, 0.6) is 0 Å². The fourth-order valence-corrected chi connectivity index (χ4v) is 5.18. The molecular formula is C22H23N3O5S2. The van der Waals surface area contributed by atoms with Crippen LogP contribution < -0.4 is 14.8 Å². The van der Waals surface area contributed by atoms with Crippen LogP contribution in [0, 0.1) is 13.8 Å². The normalized spacial score (nSPS) is 11.6. The van der Waals surface area contributed by atoms with Gasteiger partial charge < -0.3 is 5.32 Å². The van der Waals surface area contributed by atoms with E-state index in [9.17, 15) is 21.6 Å². The van der Waals surface area contributed by atoms with Crippen molar-refractivity contribution < 1.29 is 21.6 Å². The molecule has 0 atom stereocenters. The van der Waals surface area contributed by atoms with Gasteiger partial charge in [0.15, 0.2) is 0 Å². The van der Waals surface area contributed by atoms with E-state index in [4.69, 9.17) is 0 Å². The fourth-order valence-electron chi connectivity index (χ4n) is 3.08. The molecule has 0 heterocycles. The SMILES string of the molecule is CC(=O)Nc1ccc(S(=O)(=O)Nc2ccc(S(=O)(=O)Nc3cc(C)cc(C)c3)cc2)cc1. The molecule has 10 heteroatoms. The molecule has 0 fully saturated rings. The van der Waals surface area contributed by atoms with Crippen molar-refractivity contribution in [3.63, 3.8) is 0 Å². The highest BCUT2D eigenvalue weighted by Crippen LogP contribution is 2.22. The van der Waals surface area contributed by atoms with Gasteiger partial charge in [-0.05, 0) is 85.6 Å². The molecule has 3 N–H and O–H groups in total. The van der Waals surface area contributed by atoms with Gasteiger partial charge in [0.05, 0.1) is 9.79 Å². The van der Waals surface area contributed by atoms with Gasteiger partial charge in [-0.3, -0.25) is 14.2 Å². The molecule has 8 nitrogen and oxygen atoms in total. The Morgan fingerprint density at radius 3 is 1.47 bits per heavy atom. The first-order valence-corrected chi connectivity index (χ1v) is 12.5.